The van der Waals surface area contributed by atoms with E-state index in [1.54, 1.807) is 16.3 Å². The Morgan fingerprint density at radius 1 is 1.15 bits per heavy atom. The van der Waals surface area contributed by atoms with Gasteiger partial charge in [-0.3, -0.25) is 14.5 Å². The van der Waals surface area contributed by atoms with Crippen molar-refractivity contribution in [3.05, 3.63) is 63.4 Å². The quantitative estimate of drug-likeness (QED) is 0.484. The van der Waals surface area contributed by atoms with E-state index in [0.717, 1.165) is 14.9 Å². The lowest BCUT2D eigenvalue weighted by molar-refractivity contribution is 0.965. The molecule has 0 saturated heterocycles. The average molecular weight is 428 g/mol. The standard InChI is InChI=1S/C18H14BrN5OS/c1-26-13-5-3-2-4-12(13)17-21-16-14(15(20)22-23-16)18(25)24(17)11-8-6-10(19)7-9-11/h2-9H,1H3,(H3,20,22,23). The van der Waals surface area contributed by atoms with Crippen LogP contribution in [0.1, 0.15) is 0 Å². The molecule has 0 saturated carbocycles. The van der Waals surface area contributed by atoms with Crippen LogP contribution in [0.4, 0.5) is 5.82 Å². The van der Waals surface area contributed by atoms with Crippen LogP contribution in [-0.2, 0) is 0 Å². The summed E-state index contributed by atoms with van der Waals surface area (Å²) >= 11 is 5.02. The highest BCUT2D eigenvalue weighted by Gasteiger charge is 2.19. The van der Waals surface area contributed by atoms with Crippen LogP contribution >= 0.6 is 27.7 Å². The third-order valence-corrected chi connectivity index (χ3v) is 5.37. The van der Waals surface area contributed by atoms with Gasteiger partial charge in [-0.1, -0.05) is 34.1 Å². The maximum Gasteiger partial charge on any atom is 0.271 e. The van der Waals surface area contributed by atoms with Gasteiger partial charge in [0.1, 0.15) is 11.2 Å². The van der Waals surface area contributed by atoms with Crippen molar-refractivity contribution in [1.82, 2.24) is 19.7 Å². The maximum atomic E-state index is 13.3. The highest BCUT2D eigenvalue weighted by molar-refractivity contribution is 9.10. The van der Waals surface area contributed by atoms with Crippen molar-refractivity contribution >= 4 is 44.5 Å². The van der Waals surface area contributed by atoms with Crippen LogP contribution in [0.25, 0.3) is 28.1 Å². The molecule has 4 rings (SSSR count). The molecular formula is C18H14BrN5OS. The Hall–Kier alpha value is -2.58. The fourth-order valence-electron chi connectivity index (χ4n) is 2.84. The van der Waals surface area contributed by atoms with E-state index in [-0.39, 0.29) is 11.4 Å². The van der Waals surface area contributed by atoms with E-state index < -0.39 is 0 Å². The summed E-state index contributed by atoms with van der Waals surface area (Å²) in [6.45, 7) is 0. The van der Waals surface area contributed by atoms with Crippen LogP contribution in [0.3, 0.4) is 0 Å². The first-order valence-corrected chi connectivity index (χ1v) is 9.78. The second kappa shape index (κ2) is 6.62. The topological polar surface area (TPSA) is 89.6 Å². The number of rotatable bonds is 3. The van der Waals surface area contributed by atoms with Gasteiger partial charge in [0.2, 0.25) is 0 Å². The van der Waals surface area contributed by atoms with E-state index in [0.29, 0.717) is 22.5 Å². The zero-order valence-corrected chi connectivity index (χ0v) is 16.1. The molecule has 0 radical (unpaired) electrons. The highest BCUT2D eigenvalue weighted by Crippen LogP contribution is 2.31. The number of hydrogen-bond donors (Lipinski definition) is 2. The van der Waals surface area contributed by atoms with Crippen LogP contribution in [0.15, 0.2) is 62.7 Å². The molecule has 3 N–H and O–H groups in total. The minimum absolute atomic E-state index is 0.216. The molecule has 0 aliphatic heterocycles. The molecule has 2 heterocycles. The number of nitrogen functional groups attached to an aromatic ring is 1. The number of fused-ring (bicyclic) bond motifs is 1. The molecule has 0 unspecified atom stereocenters. The predicted octanol–water partition coefficient (Wildman–Crippen LogP) is 3.84. The van der Waals surface area contributed by atoms with Crippen molar-refractivity contribution in [3.63, 3.8) is 0 Å². The second-order valence-electron chi connectivity index (χ2n) is 5.59. The molecule has 8 heteroatoms. The van der Waals surface area contributed by atoms with Gasteiger partial charge in [0.15, 0.2) is 11.5 Å². The highest BCUT2D eigenvalue weighted by atomic mass is 79.9. The summed E-state index contributed by atoms with van der Waals surface area (Å²) < 4.78 is 2.51. The van der Waals surface area contributed by atoms with Gasteiger partial charge < -0.3 is 5.73 Å². The number of aromatic nitrogens is 4. The van der Waals surface area contributed by atoms with E-state index in [1.807, 2.05) is 54.8 Å². The molecule has 0 bridgehead atoms. The van der Waals surface area contributed by atoms with Gasteiger partial charge in [-0.05, 0) is 36.6 Å². The summed E-state index contributed by atoms with van der Waals surface area (Å²) in [5.74, 6) is 0.745. The second-order valence-corrected chi connectivity index (χ2v) is 7.35. The van der Waals surface area contributed by atoms with Crippen LogP contribution < -0.4 is 11.3 Å². The number of nitrogens with two attached hydrogens (primary N) is 1. The van der Waals surface area contributed by atoms with Crippen LogP contribution in [0, 0.1) is 0 Å². The van der Waals surface area contributed by atoms with Gasteiger partial charge in [0.05, 0.1) is 5.69 Å². The van der Waals surface area contributed by atoms with Gasteiger partial charge in [-0.25, -0.2) is 4.98 Å². The summed E-state index contributed by atoms with van der Waals surface area (Å²) in [6, 6.07) is 15.3. The Morgan fingerprint density at radius 3 is 2.62 bits per heavy atom. The minimum atomic E-state index is -0.255. The first-order valence-electron chi connectivity index (χ1n) is 7.76. The molecule has 6 nitrogen and oxygen atoms in total. The number of thioether (sulfide) groups is 1. The number of nitrogens with zero attached hydrogens (tertiary/aromatic N) is 3. The van der Waals surface area contributed by atoms with E-state index >= 15 is 0 Å². The first kappa shape index (κ1) is 16.9. The number of halogens is 1. The Balaban J connectivity index is 2.13. The van der Waals surface area contributed by atoms with Gasteiger partial charge >= 0.3 is 0 Å². The molecule has 4 aromatic rings. The first-order chi connectivity index (χ1) is 12.6. The van der Waals surface area contributed by atoms with Gasteiger partial charge in [0.25, 0.3) is 5.56 Å². The van der Waals surface area contributed by atoms with Crippen molar-refractivity contribution in [2.45, 2.75) is 4.90 Å². The van der Waals surface area contributed by atoms with Crippen molar-refractivity contribution in [2.24, 2.45) is 0 Å². The molecule has 0 aliphatic rings. The number of nitrogens with one attached hydrogen (secondary N) is 1. The minimum Gasteiger partial charge on any atom is -0.383 e. The van der Waals surface area contributed by atoms with Gasteiger partial charge in [0, 0.05) is 14.9 Å². The smallest absolute Gasteiger partial charge is 0.271 e. The molecule has 0 aliphatic carbocycles. The number of benzene rings is 2. The van der Waals surface area contributed by atoms with Gasteiger partial charge in [-0.2, -0.15) is 5.10 Å². The Labute approximate surface area is 161 Å². The Kier molecular flexibility index (Phi) is 4.29. The van der Waals surface area contributed by atoms with E-state index in [2.05, 4.69) is 31.1 Å². The normalized spacial score (nSPS) is 11.2. The summed E-state index contributed by atoms with van der Waals surface area (Å²) in [7, 11) is 0. The zero-order chi connectivity index (χ0) is 18.3. The summed E-state index contributed by atoms with van der Waals surface area (Å²) in [5, 5.41) is 7.02. The molecular weight excluding hydrogens is 414 g/mol. The molecule has 26 heavy (non-hydrogen) atoms. The van der Waals surface area contributed by atoms with E-state index in [4.69, 9.17) is 5.73 Å². The lowest BCUT2D eigenvalue weighted by atomic mass is 10.2. The van der Waals surface area contributed by atoms with Crippen LogP contribution in [0.5, 0.6) is 0 Å². The van der Waals surface area contributed by atoms with E-state index in [1.165, 1.54) is 0 Å². The Morgan fingerprint density at radius 2 is 1.88 bits per heavy atom. The van der Waals surface area contributed by atoms with E-state index in [9.17, 15) is 4.79 Å². The van der Waals surface area contributed by atoms with Crippen molar-refractivity contribution in [1.29, 1.82) is 0 Å². The predicted molar refractivity (Wildman–Crippen MR) is 109 cm³/mol. The molecule has 2 aromatic heterocycles. The van der Waals surface area contributed by atoms with Crippen LogP contribution in [-0.4, -0.2) is 26.0 Å². The number of hydrogen-bond acceptors (Lipinski definition) is 5. The molecule has 0 fully saturated rings. The number of aromatic amines is 1. The third-order valence-electron chi connectivity index (χ3n) is 4.05. The monoisotopic (exact) mass is 427 g/mol. The molecule has 2 aromatic carbocycles. The lowest BCUT2D eigenvalue weighted by Crippen LogP contribution is -2.22. The number of anilines is 1. The van der Waals surface area contributed by atoms with Gasteiger partial charge in [-0.15, -0.1) is 11.8 Å². The Bertz CT molecular complexity index is 1170. The third kappa shape index (κ3) is 2.71. The fraction of sp³-hybridized carbons (Fsp3) is 0.0556. The SMILES string of the molecule is CSc1ccccc1-c1nc2n[nH]c(N)c2c(=O)n1-c1ccc(Br)cc1. The average Bonchev–Trinajstić information content (AvgIpc) is 3.04. The lowest BCUT2D eigenvalue weighted by Gasteiger charge is -2.14. The molecule has 130 valence electrons. The van der Waals surface area contributed by atoms with Crippen molar-refractivity contribution < 1.29 is 0 Å². The summed E-state index contributed by atoms with van der Waals surface area (Å²) in [4.78, 5) is 18.9. The molecule has 0 spiro atoms. The molecule has 0 amide bonds. The van der Waals surface area contributed by atoms with Crippen molar-refractivity contribution in [3.8, 4) is 17.1 Å². The fourth-order valence-corrected chi connectivity index (χ4v) is 3.69. The summed E-state index contributed by atoms with van der Waals surface area (Å²) in [5.41, 5.74) is 7.54. The maximum absolute atomic E-state index is 13.3. The molecule has 0 atom stereocenters. The van der Waals surface area contributed by atoms with Crippen LogP contribution in [0.2, 0.25) is 0 Å². The summed E-state index contributed by atoms with van der Waals surface area (Å²) in [6.07, 6.45) is 1.99. The van der Waals surface area contributed by atoms with Crippen molar-refractivity contribution in [2.75, 3.05) is 12.0 Å². The number of H-pyrrole nitrogens is 1. The largest absolute Gasteiger partial charge is 0.383 e. The zero-order valence-electron chi connectivity index (χ0n) is 13.7.